The summed E-state index contributed by atoms with van der Waals surface area (Å²) in [5.41, 5.74) is 0. The minimum absolute atomic E-state index is 0.0333. The standard InChI is InChI=1S/C56H101NO5/c1-4-7-10-13-16-19-22-25-27-28-31-33-36-39-42-45-48-54(59)53(51-58)57-55(60)50-52(47-44-41-38-35-32-30-26-23-20-17-14-11-8-5-2)62-56(61)49-46-43-40-37-34-29-24-21-18-15-12-9-6-3/h8,11,17,20,26,29-30,34-35,38,52-54,58-59H,4-7,9-10,12-16,18-19,21-25,27-28,31-33,36-37,39-51H2,1-3H3,(H,57,60)/b11-8+,20-17+,30-26+,34-29-,38-35+. The normalized spacial score (nSPS) is 13.7. The van der Waals surface area contributed by atoms with Crippen molar-refractivity contribution >= 4 is 11.9 Å². The predicted octanol–water partition coefficient (Wildman–Crippen LogP) is 16.0. The molecule has 6 heteroatoms. The molecule has 0 radical (unpaired) electrons. The van der Waals surface area contributed by atoms with Crippen LogP contribution in [-0.2, 0) is 14.3 Å². The number of hydrogen-bond acceptors (Lipinski definition) is 5. The molecule has 1 amide bonds. The van der Waals surface area contributed by atoms with Crippen LogP contribution in [0, 0.1) is 0 Å². The van der Waals surface area contributed by atoms with E-state index in [9.17, 15) is 19.8 Å². The largest absolute Gasteiger partial charge is 0.462 e. The number of aliphatic hydroxyl groups is 2. The Morgan fingerprint density at radius 1 is 0.484 bits per heavy atom. The highest BCUT2D eigenvalue weighted by Crippen LogP contribution is 2.17. The van der Waals surface area contributed by atoms with Crippen LogP contribution in [0.4, 0.5) is 0 Å². The summed E-state index contributed by atoms with van der Waals surface area (Å²) in [5, 5.41) is 23.8. The first-order chi connectivity index (χ1) is 30.5. The van der Waals surface area contributed by atoms with Crippen molar-refractivity contribution in [3.05, 3.63) is 60.8 Å². The number of unbranched alkanes of at least 4 members (excludes halogenated alkanes) is 25. The van der Waals surface area contributed by atoms with Crippen LogP contribution in [0.25, 0.3) is 0 Å². The van der Waals surface area contributed by atoms with Gasteiger partial charge in [0.05, 0.1) is 25.2 Å². The molecule has 3 unspecified atom stereocenters. The van der Waals surface area contributed by atoms with Gasteiger partial charge in [-0.1, -0.05) is 223 Å². The number of rotatable bonds is 47. The van der Waals surface area contributed by atoms with Crippen molar-refractivity contribution in [3.63, 3.8) is 0 Å². The van der Waals surface area contributed by atoms with E-state index in [4.69, 9.17) is 4.74 Å². The third-order valence-electron chi connectivity index (χ3n) is 11.8. The average molecular weight is 868 g/mol. The molecule has 0 saturated carbocycles. The van der Waals surface area contributed by atoms with Crippen LogP contribution in [-0.4, -0.2) is 46.9 Å². The van der Waals surface area contributed by atoms with Crippen molar-refractivity contribution in [2.24, 2.45) is 0 Å². The van der Waals surface area contributed by atoms with Crippen molar-refractivity contribution in [2.75, 3.05) is 6.61 Å². The maximum Gasteiger partial charge on any atom is 0.306 e. The molecule has 0 fully saturated rings. The Morgan fingerprint density at radius 2 is 0.887 bits per heavy atom. The summed E-state index contributed by atoms with van der Waals surface area (Å²) in [4.78, 5) is 26.1. The van der Waals surface area contributed by atoms with Crippen molar-refractivity contribution in [1.29, 1.82) is 0 Å². The van der Waals surface area contributed by atoms with Crippen LogP contribution < -0.4 is 5.32 Å². The number of esters is 1. The molecule has 0 aromatic rings. The summed E-state index contributed by atoms with van der Waals surface area (Å²) in [6.07, 6.45) is 61.4. The average Bonchev–Trinajstić information content (AvgIpc) is 3.26. The predicted molar refractivity (Wildman–Crippen MR) is 268 cm³/mol. The van der Waals surface area contributed by atoms with E-state index in [0.717, 1.165) is 89.9 Å². The molecule has 0 aliphatic carbocycles. The molecular formula is C56H101NO5. The van der Waals surface area contributed by atoms with Gasteiger partial charge in [0.25, 0.3) is 0 Å². The summed E-state index contributed by atoms with van der Waals surface area (Å²) < 4.78 is 5.90. The highest BCUT2D eigenvalue weighted by atomic mass is 16.5. The molecule has 0 spiro atoms. The van der Waals surface area contributed by atoms with Crippen LogP contribution in [0.1, 0.15) is 258 Å². The number of ether oxygens (including phenoxy) is 1. The number of carbonyl (C=O) groups excluding carboxylic acids is 2. The molecule has 0 aromatic carbocycles. The van der Waals surface area contributed by atoms with E-state index in [1.54, 1.807) is 0 Å². The van der Waals surface area contributed by atoms with E-state index in [-0.39, 0.29) is 24.9 Å². The summed E-state index contributed by atoms with van der Waals surface area (Å²) in [6.45, 7) is 6.35. The molecule has 0 rings (SSSR count). The lowest BCUT2D eigenvalue weighted by Crippen LogP contribution is -2.46. The van der Waals surface area contributed by atoms with Crippen LogP contribution in [0.5, 0.6) is 0 Å². The smallest absolute Gasteiger partial charge is 0.306 e. The van der Waals surface area contributed by atoms with E-state index in [1.165, 1.54) is 122 Å². The summed E-state index contributed by atoms with van der Waals surface area (Å²) in [7, 11) is 0. The molecule has 3 atom stereocenters. The molecule has 0 bridgehead atoms. The number of hydrogen-bond donors (Lipinski definition) is 3. The number of nitrogens with one attached hydrogen (secondary N) is 1. The van der Waals surface area contributed by atoms with Crippen molar-refractivity contribution < 1.29 is 24.5 Å². The Balaban J connectivity index is 4.63. The Morgan fingerprint density at radius 3 is 1.37 bits per heavy atom. The van der Waals surface area contributed by atoms with Crippen LogP contribution in [0.3, 0.4) is 0 Å². The fourth-order valence-electron chi connectivity index (χ4n) is 7.83. The number of aliphatic hydroxyl groups excluding tert-OH is 2. The minimum atomic E-state index is -0.805. The lowest BCUT2D eigenvalue weighted by atomic mass is 10.0. The van der Waals surface area contributed by atoms with Gasteiger partial charge in [0.1, 0.15) is 6.10 Å². The van der Waals surface area contributed by atoms with Gasteiger partial charge >= 0.3 is 5.97 Å². The SMILES string of the molecule is CC/C=C/C/C=C/C/C=C/C/C=C/CCCC(CC(=O)NC(CO)C(O)CCCCCCCCCCCCCCCCCC)OC(=O)CCCCC/C=C\CCCCCCCC. The first-order valence-electron chi connectivity index (χ1n) is 26.5. The van der Waals surface area contributed by atoms with E-state index >= 15 is 0 Å². The maximum absolute atomic E-state index is 13.2. The number of carbonyl (C=O) groups is 2. The zero-order valence-electron chi connectivity index (χ0n) is 41.0. The lowest BCUT2D eigenvalue weighted by molar-refractivity contribution is -0.151. The van der Waals surface area contributed by atoms with Crippen LogP contribution in [0.2, 0.25) is 0 Å². The molecule has 0 aliphatic heterocycles. The molecule has 6 nitrogen and oxygen atoms in total. The van der Waals surface area contributed by atoms with E-state index in [1.807, 2.05) is 0 Å². The fourth-order valence-corrected chi connectivity index (χ4v) is 7.83. The highest BCUT2D eigenvalue weighted by molar-refractivity contribution is 5.77. The third kappa shape index (κ3) is 44.2. The maximum atomic E-state index is 13.2. The van der Waals surface area contributed by atoms with Gasteiger partial charge in [-0.15, -0.1) is 0 Å². The van der Waals surface area contributed by atoms with Crippen molar-refractivity contribution in [3.8, 4) is 0 Å². The Kier molecular flexibility index (Phi) is 47.6. The molecule has 0 saturated heterocycles. The molecule has 62 heavy (non-hydrogen) atoms. The molecule has 0 aliphatic rings. The minimum Gasteiger partial charge on any atom is -0.462 e. The monoisotopic (exact) mass is 868 g/mol. The third-order valence-corrected chi connectivity index (χ3v) is 11.8. The van der Waals surface area contributed by atoms with Gasteiger partial charge < -0.3 is 20.3 Å². The van der Waals surface area contributed by atoms with Crippen LogP contribution >= 0.6 is 0 Å². The zero-order valence-corrected chi connectivity index (χ0v) is 41.0. The molecule has 0 heterocycles. The quantitative estimate of drug-likeness (QED) is 0.0322. The van der Waals surface area contributed by atoms with Gasteiger partial charge in [-0.25, -0.2) is 0 Å². The first kappa shape index (κ1) is 59.6. The Bertz CT molecular complexity index is 1110. The van der Waals surface area contributed by atoms with E-state index in [2.05, 4.69) is 86.8 Å². The van der Waals surface area contributed by atoms with Crippen molar-refractivity contribution in [1.82, 2.24) is 5.32 Å². The second-order valence-corrected chi connectivity index (χ2v) is 17.9. The van der Waals surface area contributed by atoms with Crippen molar-refractivity contribution in [2.45, 2.75) is 277 Å². The summed E-state index contributed by atoms with van der Waals surface area (Å²) in [6, 6.07) is -0.723. The summed E-state index contributed by atoms with van der Waals surface area (Å²) >= 11 is 0. The first-order valence-corrected chi connectivity index (χ1v) is 26.5. The fraction of sp³-hybridized carbons (Fsp3) is 0.786. The van der Waals surface area contributed by atoms with Gasteiger partial charge in [0.15, 0.2) is 0 Å². The summed E-state index contributed by atoms with van der Waals surface area (Å²) in [5.74, 6) is -0.545. The molecule has 0 aromatic heterocycles. The Hall–Kier alpha value is -2.44. The lowest BCUT2D eigenvalue weighted by Gasteiger charge is -2.24. The zero-order chi connectivity index (χ0) is 45.2. The van der Waals surface area contributed by atoms with Crippen LogP contribution in [0.15, 0.2) is 60.8 Å². The Labute approximate surface area is 384 Å². The second kappa shape index (κ2) is 49.6. The highest BCUT2D eigenvalue weighted by Gasteiger charge is 2.24. The van der Waals surface area contributed by atoms with E-state index < -0.39 is 18.2 Å². The van der Waals surface area contributed by atoms with Gasteiger partial charge in [0, 0.05) is 6.42 Å². The van der Waals surface area contributed by atoms with Gasteiger partial charge in [-0.3, -0.25) is 9.59 Å². The molecular weight excluding hydrogens is 767 g/mol. The molecule has 3 N–H and O–H groups in total. The van der Waals surface area contributed by atoms with Gasteiger partial charge in [-0.05, 0) is 83.5 Å². The van der Waals surface area contributed by atoms with E-state index in [0.29, 0.717) is 19.3 Å². The number of amides is 1. The number of allylic oxidation sites excluding steroid dienone is 10. The van der Waals surface area contributed by atoms with Gasteiger partial charge in [-0.2, -0.15) is 0 Å². The van der Waals surface area contributed by atoms with Gasteiger partial charge in [0.2, 0.25) is 5.91 Å². The second-order valence-electron chi connectivity index (χ2n) is 17.9. The topological polar surface area (TPSA) is 95.9 Å². The molecule has 360 valence electrons.